The average molecular weight is 328 g/mol. The summed E-state index contributed by atoms with van der Waals surface area (Å²) in [5.74, 6) is 2.21. The van der Waals surface area contributed by atoms with E-state index in [0.29, 0.717) is 28.7 Å². The SMILES string of the molecule is COc1cc(/C=N\Nc2ccc3nncn3n2)cc(OC)c1OC. The van der Waals surface area contributed by atoms with Crippen LogP contribution >= 0.6 is 0 Å². The molecule has 9 nitrogen and oxygen atoms in total. The number of benzene rings is 1. The summed E-state index contributed by atoms with van der Waals surface area (Å²) in [6.07, 6.45) is 3.14. The van der Waals surface area contributed by atoms with Crippen LogP contribution in [0.15, 0.2) is 35.7 Å². The van der Waals surface area contributed by atoms with E-state index >= 15 is 0 Å². The Morgan fingerprint density at radius 3 is 2.50 bits per heavy atom. The van der Waals surface area contributed by atoms with Crippen molar-refractivity contribution in [1.29, 1.82) is 0 Å². The van der Waals surface area contributed by atoms with Gasteiger partial charge < -0.3 is 14.2 Å². The highest BCUT2D eigenvalue weighted by Gasteiger charge is 2.12. The lowest BCUT2D eigenvalue weighted by Crippen LogP contribution is -1.99. The van der Waals surface area contributed by atoms with Gasteiger partial charge in [0, 0.05) is 5.56 Å². The van der Waals surface area contributed by atoms with E-state index in [-0.39, 0.29) is 0 Å². The maximum Gasteiger partial charge on any atom is 0.203 e. The average Bonchev–Trinajstić information content (AvgIpc) is 3.08. The normalized spacial score (nSPS) is 11.0. The van der Waals surface area contributed by atoms with Crippen LogP contribution in [0.2, 0.25) is 0 Å². The number of ether oxygens (including phenoxy) is 3. The van der Waals surface area contributed by atoms with Crippen molar-refractivity contribution >= 4 is 17.7 Å². The van der Waals surface area contributed by atoms with Crippen LogP contribution in [-0.4, -0.2) is 47.4 Å². The highest BCUT2D eigenvalue weighted by molar-refractivity contribution is 5.83. The topological polar surface area (TPSA) is 95.2 Å². The third-order valence-electron chi connectivity index (χ3n) is 3.24. The van der Waals surface area contributed by atoms with Gasteiger partial charge in [0.05, 0.1) is 27.5 Å². The lowest BCUT2D eigenvalue weighted by atomic mass is 10.2. The van der Waals surface area contributed by atoms with E-state index in [1.807, 2.05) is 0 Å². The molecule has 0 spiro atoms. The molecule has 124 valence electrons. The molecule has 0 aliphatic carbocycles. The molecule has 24 heavy (non-hydrogen) atoms. The number of hydrogen-bond donors (Lipinski definition) is 1. The van der Waals surface area contributed by atoms with Crippen molar-refractivity contribution < 1.29 is 14.2 Å². The van der Waals surface area contributed by atoms with E-state index in [4.69, 9.17) is 14.2 Å². The highest BCUT2D eigenvalue weighted by atomic mass is 16.5. The summed E-state index contributed by atoms with van der Waals surface area (Å²) in [5, 5.41) is 16.1. The van der Waals surface area contributed by atoms with Crippen molar-refractivity contribution in [2.75, 3.05) is 26.8 Å². The van der Waals surface area contributed by atoms with Crippen molar-refractivity contribution in [3.63, 3.8) is 0 Å². The molecule has 0 atom stereocenters. The Morgan fingerprint density at radius 1 is 1.08 bits per heavy atom. The monoisotopic (exact) mass is 328 g/mol. The van der Waals surface area contributed by atoms with E-state index in [1.165, 1.54) is 6.33 Å². The minimum atomic E-state index is 0.532. The van der Waals surface area contributed by atoms with Crippen LogP contribution in [0, 0.1) is 0 Å². The Labute approximate surface area is 137 Å². The Hall–Kier alpha value is -3.36. The molecule has 3 rings (SSSR count). The van der Waals surface area contributed by atoms with E-state index in [9.17, 15) is 0 Å². The number of methoxy groups -OCH3 is 3. The van der Waals surface area contributed by atoms with E-state index < -0.39 is 0 Å². The Bertz CT molecular complexity index is 852. The molecule has 1 aromatic carbocycles. The quantitative estimate of drug-likeness (QED) is 0.542. The first-order valence-electron chi connectivity index (χ1n) is 7.01. The van der Waals surface area contributed by atoms with Gasteiger partial charge in [0.1, 0.15) is 6.33 Å². The summed E-state index contributed by atoms with van der Waals surface area (Å²) < 4.78 is 17.5. The third kappa shape index (κ3) is 3.05. The van der Waals surface area contributed by atoms with Gasteiger partial charge in [0.15, 0.2) is 23.0 Å². The summed E-state index contributed by atoms with van der Waals surface area (Å²) in [6, 6.07) is 7.14. The molecule has 0 aliphatic rings. The number of nitrogens with one attached hydrogen (secondary N) is 1. The molecular weight excluding hydrogens is 312 g/mol. The molecular formula is C15H16N6O3. The Morgan fingerprint density at radius 2 is 1.83 bits per heavy atom. The molecule has 0 bridgehead atoms. The van der Waals surface area contributed by atoms with Gasteiger partial charge >= 0.3 is 0 Å². The smallest absolute Gasteiger partial charge is 0.203 e. The maximum absolute atomic E-state index is 5.31. The van der Waals surface area contributed by atoms with Crippen LogP contribution in [-0.2, 0) is 0 Å². The minimum absolute atomic E-state index is 0.532. The number of aromatic nitrogens is 4. The van der Waals surface area contributed by atoms with Crippen molar-refractivity contribution in [1.82, 2.24) is 19.8 Å². The lowest BCUT2D eigenvalue weighted by Gasteiger charge is -2.12. The second-order valence-electron chi connectivity index (χ2n) is 4.68. The van der Waals surface area contributed by atoms with Crippen LogP contribution in [0.3, 0.4) is 0 Å². The predicted molar refractivity (Wildman–Crippen MR) is 88.1 cm³/mol. The van der Waals surface area contributed by atoms with Gasteiger partial charge in [0.2, 0.25) is 5.75 Å². The van der Waals surface area contributed by atoms with Gasteiger partial charge in [-0.05, 0) is 24.3 Å². The number of hydrazone groups is 1. The van der Waals surface area contributed by atoms with Gasteiger partial charge in [0.25, 0.3) is 0 Å². The molecule has 9 heteroatoms. The van der Waals surface area contributed by atoms with Crippen LogP contribution in [0.4, 0.5) is 5.82 Å². The summed E-state index contributed by atoms with van der Waals surface area (Å²) >= 11 is 0. The molecule has 3 aromatic rings. The second kappa shape index (κ2) is 6.82. The second-order valence-corrected chi connectivity index (χ2v) is 4.68. The first-order valence-corrected chi connectivity index (χ1v) is 7.01. The fraction of sp³-hybridized carbons (Fsp3) is 0.200. The number of anilines is 1. The van der Waals surface area contributed by atoms with Crippen molar-refractivity contribution in [2.24, 2.45) is 5.10 Å². The summed E-state index contributed by atoms with van der Waals surface area (Å²) in [5.41, 5.74) is 4.29. The molecule has 2 aromatic heterocycles. The number of rotatable bonds is 6. The molecule has 0 amide bonds. The zero-order valence-corrected chi connectivity index (χ0v) is 13.4. The fourth-order valence-electron chi connectivity index (χ4n) is 2.14. The summed E-state index contributed by atoms with van der Waals surface area (Å²) in [7, 11) is 4.69. The summed E-state index contributed by atoms with van der Waals surface area (Å²) in [6.45, 7) is 0. The molecule has 1 N–H and O–H groups in total. The lowest BCUT2D eigenvalue weighted by molar-refractivity contribution is 0.324. The van der Waals surface area contributed by atoms with Gasteiger partial charge in [-0.1, -0.05) is 0 Å². The van der Waals surface area contributed by atoms with E-state index in [2.05, 4.69) is 25.8 Å². The molecule has 0 saturated heterocycles. The van der Waals surface area contributed by atoms with Gasteiger partial charge in [-0.15, -0.1) is 15.3 Å². The Kier molecular flexibility index (Phi) is 4.41. The van der Waals surface area contributed by atoms with Crippen LogP contribution in [0.1, 0.15) is 5.56 Å². The molecule has 2 heterocycles. The number of nitrogens with zero attached hydrogens (tertiary/aromatic N) is 5. The van der Waals surface area contributed by atoms with E-state index in [0.717, 1.165) is 5.56 Å². The first kappa shape index (κ1) is 15.5. The fourth-order valence-corrected chi connectivity index (χ4v) is 2.14. The maximum atomic E-state index is 5.31. The van der Waals surface area contributed by atoms with Crippen LogP contribution in [0.25, 0.3) is 5.65 Å². The summed E-state index contributed by atoms with van der Waals surface area (Å²) in [4.78, 5) is 0. The van der Waals surface area contributed by atoms with E-state index in [1.54, 1.807) is 56.3 Å². The van der Waals surface area contributed by atoms with Gasteiger partial charge in [-0.2, -0.15) is 9.62 Å². The minimum Gasteiger partial charge on any atom is -0.493 e. The molecule has 0 aliphatic heterocycles. The predicted octanol–water partition coefficient (Wildman–Crippen LogP) is 1.60. The molecule has 0 saturated carbocycles. The van der Waals surface area contributed by atoms with Gasteiger partial charge in [-0.25, -0.2) is 0 Å². The zero-order chi connectivity index (χ0) is 16.9. The van der Waals surface area contributed by atoms with Crippen LogP contribution < -0.4 is 19.6 Å². The van der Waals surface area contributed by atoms with Crippen molar-refractivity contribution in [2.45, 2.75) is 0 Å². The van der Waals surface area contributed by atoms with Crippen molar-refractivity contribution in [3.05, 3.63) is 36.2 Å². The Balaban J connectivity index is 1.80. The molecule has 0 radical (unpaired) electrons. The zero-order valence-electron chi connectivity index (χ0n) is 13.4. The first-order chi connectivity index (χ1) is 11.7. The molecule has 0 unspecified atom stereocenters. The third-order valence-corrected chi connectivity index (χ3v) is 3.24. The number of fused-ring (bicyclic) bond motifs is 1. The molecule has 0 fully saturated rings. The van der Waals surface area contributed by atoms with Crippen molar-refractivity contribution in [3.8, 4) is 17.2 Å². The highest BCUT2D eigenvalue weighted by Crippen LogP contribution is 2.37. The van der Waals surface area contributed by atoms with Gasteiger partial charge in [-0.3, -0.25) is 5.43 Å². The largest absolute Gasteiger partial charge is 0.493 e. The van der Waals surface area contributed by atoms with Crippen LogP contribution in [0.5, 0.6) is 17.2 Å². The standard InChI is InChI=1S/C15H16N6O3/c1-22-11-6-10(7-12(23-2)15(11)24-3)8-16-18-13-4-5-14-19-17-9-21(14)20-13/h4-9H,1-3H3,(H,18,20)/b16-8-. The number of hydrogen-bond acceptors (Lipinski definition) is 8.